The average Bonchev–Trinajstić information content (AvgIpc) is 2.52. The molecule has 0 fully saturated rings. The van der Waals surface area contributed by atoms with Gasteiger partial charge in [0.05, 0.1) is 10.6 Å². The van der Waals surface area contributed by atoms with Gasteiger partial charge in [0, 0.05) is 17.1 Å². The zero-order chi connectivity index (χ0) is 16.0. The largest absolute Gasteiger partial charge is 0.352 e. The van der Waals surface area contributed by atoms with Gasteiger partial charge in [-0.25, -0.2) is 8.42 Å². The van der Waals surface area contributed by atoms with Crippen LogP contribution >= 0.6 is 11.6 Å². The van der Waals surface area contributed by atoms with Gasteiger partial charge in [0.25, 0.3) is 5.91 Å². The molecular formula is C16H16ClNO3S. The highest BCUT2D eigenvalue weighted by atomic mass is 35.5. The maximum atomic E-state index is 12.1. The third-order valence-corrected chi connectivity index (χ3v) is 5.12. The van der Waals surface area contributed by atoms with Crippen molar-refractivity contribution in [3.63, 3.8) is 0 Å². The molecule has 0 aromatic heterocycles. The van der Waals surface area contributed by atoms with Crippen LogP contribution < -0.4 is 5.32 Å². The van der Waals surface area contributed by atoms with Gasteiger partial charge in [-0.3, -0.25) is 4.79 Å². The molecule has 0 aliphatic rings. The van der Waals surface area contributed by atoms with Gasteiger partial charge < -0.3 is 5.32 Å². The maximum absolute atomic E-state index is 12.1. The van der Waals surface area contributed by atoms with E-state index in [9.17, 15) is 13.2 Å². The first kappa shape index (κ1) is 16.5. The molecule has 0 spiro atoms. The predicted molar refractivity (Wildman–Crippen MR) is 86.9 cm³/mol. The van der Waals surface area contributed by atoms with Crippen LogP contribution in [0.15, 0.2) is 59.5 Å². The van der Waals surface area contributed by atoms with Gasteiger partial charge in [-0.1, -0.05) is 35.9 Å². The summed E-state index contributed by atoms with van der Waals surface area (Å²) in [6.07, 6.45) is 0.351. The standard InChI is InChI=1S/C16H16ClNO3S/c17-14-7-4-6-13(12-14)16(19)18-10-5-11-22(20,21)15-8-2-1-3-9-15/h1-4,6-9,12H,5,10-11H2,(H,18,19). The fraction of sp³-hybridized carbons (Fsp3) is 0.188. The molecule has 0 aliphatic heterocycles. The molecule has 0 bridgehead atoms. The van der Waals surface area contributed by atoms with Crippen LogP contribution in [0.1, 0.15) is 16.8 Å². The average molecular weight is 338 g/mol. The number of benzene rings is 2. The normalized spacial score (nSPS) is 11.1. The van der Waals surface area contributed by atoms with Crippen molar-refractivity contribution in [2.45, 2.75) is 11.3 Å². The summed E-state index contributed by atoms with van der Waals surface area (Å²) in [4.78, 5) is 12.2. The number of hydrogen-bond donors (Lipinski definition) is 1. The van der Waals surface area contributed by atoms with Crippen LogP contribution in [0.3, 0.4) is 0 Å². The highest BCUT2D eigenvalue weighted by molar-refractivity contribution is 7.91. The van der Waals surface area contributed by atoms with E-state index in [2.05, 4.69) is 5.32 Å². The highest BCUT2D eigenvalue weighted by Crippen LogP contribution is 2.12. The molecule has 2 aromatic rings. The van der Waals surface area contributed by atoms with Crippen molar-refractivity contribution < 1.29 is 13.2 Å². The highest BCUT2D eigenvalue weighted by Gasteiger charge is 2.13. The molecule has 2 aromatic carbocycles. The molecule has 1 N–H and O–H groups in total. The van der Waals surface area contributed by atoms with E-state index < -0.39 is 9.84 Å². The van der Waals surface area contributed by atoms with E-state index in [0.717, 1.165) is 0 Å². The number of sulfone groups is 1. The van der Waals surface area contributed by atoms with Crippen LogP contribution in [0, 0.1) is 0 Å². The van der Waals surface area contributed by atoms with E-state index in [1.165, 1.54) is 0 Å². The van der Waals surface area contributed by atoms with Gasteiger partial charge in [0.2, 0.25) is 0 Å². The first-order chi connectivity index (χ1) is 10.5. The van der Waals surface area contributed by atoms with Crippen LogP contribution in [-0.4, -0.2) is 26.6 Å². The van der Waals surface area contributed by atoms with Crippen LogP contribution in [0.2, 0.25) is 5.02 Å². The van der Waals surface area contributed by atoms with Crippen molar-refractivity contribution in [3.05, 3.63) is 65.2 Å². The van der Waals surface area contributed by atoms with E-state index in [1.807, 2.05) is 0 Å². The number of amides is 1. The van der Waals surface area contributed by atoms with Crippen molar-refractivity contribution >= 4 is 27.3 Å². The van der Waals surface area contributed by atoms with Gasteiger partial charge in [-0.15, -0.1) is 0 Å². The Kier molecular flexibility index (Phi) is 5.57. The summed E-state index contributed by atoms with van der Waals surface area (Å²) in [6, 6.07) is 14.9. The summed E-state index contributed by atoms with van der Waals surface area (Å²) in [5.41, 5.74) is 0.457. The quantitative estimate of drug-likeness (QED) is 0.824. The van der Waals surface area contributed by atoms with Crippen LogP contribution in [0.4, 0.5) is 0 Å². The second kappa shape index (κ2) is 7.42. The minimum Gasteiger partial charge on any atom is -0.352 e. The second-order valence-corrected chi connectivity index (χ2v) is 7.30. The van der Waals surface area contributed by atoms with E-state index in [4.69, 9.17) is 11.6 Å². The van der Waals surface area contributed by atoms with Gasteiger partial charge in [0.1, 0.15) is 0 Å². The minimum atomic E-state index is -3.30. The number of halogens is 1. The molecule has 0 heterocycles. The summed E-state index contributed by atoms with van der Waals surface area (Å²) in [5, 5.41) is 3.17. The molecule has 0 saturated carbocycles. The Morgan fingerprint density at radius 2 is 1.77 bits per heavy atom. The zero-order valence-electron chi connectivity index (χ0n) is 11.8. The second-order valence-electron chi connectivity index (χ2n) is 4.75. The van der Waals surface area contributed by atoms with E-state index in [0.29, 0.717) is 21.9 Å². The topological polar surface area (TPSA) is 63.2 Å². The van der Waals surface area contributed by atoms with Crippen LogP contribution in [0.25, 0.3) is 0 Å². The minimum absolute atomic E-state index is 0.00710. The molecule has 2 rings (SSSR count). The van der Waals surface area contributed by atoms with E-state index >= 15 is 0 Å². The maximum Gasteiger partial charge on any atom is 0.251 e. The lowest BCUT2D eigenvalue weighted by Gasteiger charge is -2.07. The van der Waals surface area contributed by atoms with E-state index in [-0.39, 0.29) is 18.2 Å². The fourth-order valence-corrected chi connectivity index (χ4v) is 3.46. The number of nitrogens with one attached hydrogen (secondary N) is 1. The van der Waals surface area contributed by atoms with Crippen molar-refractivity contribution in [2.24, 2.45) is 0 Å². The zero-order valence-corrected chi connectivity index (χ0v) is 13.4. The SMILES string of the molecule is O=C(NCCCS(=O)(=O)c1ccccc1)c1cccc(Cl)c1. The summed E-state index contributed by atoms with van der Waals surface area (Å²) in [5.74, 6) is -0.271. The van der Waals surface area contributed by atoms with Crippen molar-refractivity contribution in [2.75, 3.05) is 12.3 Å². The molecule has 0 radical (unpaired) electrons. The lowest BCUT2D eigenvalue weighted by molar-refractivity contribution is 0.0953. The fourth-order valence-electron chi connectivity index (χ4n) is 1.94. The van der Waals surface area contributed by atoms with Crippen LogP contribution in [0.5, 0.6) is 0 Å². The first-order valence-corrected chi connectivity index (χ1v) is 8.84. The number of rotatable bonds is 6. The molecule has 0 saturated heterocycles. The van der Waals surface area contributed by atoms with Gasteiger partial charge in [-0.2, -0.15) is 0 Å². The molecule has 0 aliphatic carbocycles. The molecule has 0 unspecified atom stereocenters. The Morgan fingerprint density at radius 3 is 2.45 bits per heavy atom. The lowest BCUT2D eigenvalue weighted by Crippen LogP contribution is -2.26. The molecule has 116 valence electrons. The number of hydrogen-bond acceptors (Lipinski definition) is 3. The Bertz CT molecular complexity index is 745. The molecule has 4 nitrogen and oxygen atoms in total. The summed E-state index contributed by atoms with van der Waals surface area (Å²) in [7, 11) is -3.30. The third-order valence-electron chi connectivity index (χ3n) is 3.06. The lowest BCUT2D eigenvalue weighted by atomic mass is 10.2. The Morgan fingerprint density at radius 1 is 1.05 bits per heavy atom. The summed E-state index contributed by atoms with van der Waals surface area (Å²) >= 11 is 5.82. The van der Waals surface area contributed by atoms with Gasteiger partial charge in [-0.05, 0) is 36.8 Å². The Hall–Kier alpha value is -1.85. The monoisotopic (exact) mass is 337 g/mol. The van der Waals surface area contributed by atoms with Gasteiger partial charge in [0.15, 0.2) is 9.84 Å². The third kappa shape index (κ3) is 4.58. The summed E-state index contributed by atoms with van der Waals surface area (Å²) < 4.78 is 24.1. The Balaban J connectivity index is 1.83. The molecule has 22 heavy (non-hydrogen) atoms. The molecule has 0 atom stereocenters. The molecular weight excluding hydrogens is 322 g/mol. The van der Waals surface area contributed by atoms with Crippen LogP contribution in [-0.2, 0) is 9.84 Å². The number of carbonyl (C=O) groups is 1. The Labute approximate surface area is 135 Å². The smallest absolute Gasteiger partial charge is 0.251 e. The van der Waals surface area contributed by atoms with Gasteiger partial charge >= 0.3 is 0 Å². The van der Waals surface area contributed by atoms with E-state index in [1.54, 1.807) is 54.6 Å². The first-order valence-electron chi connectivity index (χ1n) is 6.80. The molecule has 1 amide bonds. The number of carbonyl (C=O) groups excluding carboxylic acids is 1. The van der Waals surface area contributed by atoms with Crippen molar-refractivity contribution in [1.29, 1.82) is 0 Å². The summed E-state index contributed by atoms with van der Waals surface area (Å²) in [6.45, 7) is 0.289. The predicted octanol–water partition coefficient (Wildman–Crippen LogP) is 2.93. The van der Waals surface area contributed by atoms with Crippen molar-refractivity contribution in [1.82, 2.24) is 5.32 Å². The van der Waals surface area contributed by atoms with Crippen molar-refractivity contribution in [3.8, 4) is 0 Å². The molecule has 6 heteroatoms.